The normalized spacial score (nSPS) is 10.4. The highest BCUT2D eigenvalue weighted by Gasteiger charge is 2.16. The molecule has 3 N–H and O–H groups in total. The summed E-state index contributed by atoms with van der Waals surface area (Å²) in [6, 6.07) is 13.6. The maximum atomic E-state index is 12.1. The molecule has 1 aromatic heterocycles. The maximum Gasteiger partial charge on any atom is 0.234 e. The second kappa shape index (κ2) is 8.31. The first-order valence-corrected chi connectivity index (χ1v) is 9.31. The van der Waals surface area contributed by atoms with Crippen LogP contribution in [0.4, 0.5) is 5.69 Å². The molecular weight excluding hydrogens is 407 g/mol. The van der Waals surface area contributed by atoms with Gasteiger partial charge in [-0.25, -0.2) is 4.68 Å². The second-order valence-electron chi connectivity index (χ2n) is 5.33. The first-order valence-electron chi connectivity index (χ1n) is 7.56. The molecule has 0 aliphatic carbocycles. The number of carbonyl (C=O) groups is 1. The number of benzene rings is 2. The SMILES string of the molecule is N#Cc1ccc(NC(=O)CSc2nnc(-c3ccc(Cl)cc3Cl)n2N)cc1. The lowest BCUT2D eigenvalue weighted by Crippen LogP contribution is -2.16. The quantitative estimate of drug-likeness (QED) is 0.483. The summed E-state index contributed by atoms with van der Waals surface area (Å²) in [5.74, 6) is 6.25. The number of carbonyl (C=O) groups excluding carboxylic acids is 1. The first kappa shape index (κ1) is 19.0. The lowest BCUT2D eigenvalue weighted by molar-refractivity contribution is -0.113. The molecule has 0 aliphatic rings. The Bertz CT molecular complexity index is 1030. The van der Waals surface area contributed by atoms with E-state index in [9.17, 15) is 4.79 Å². The van der Waals surface area contributed by atoms with E-state index < -0.39 is 0 Å². The topological polar surface area (TPSA) is 110 Å². The number of anilines is 1. The van der Waals surface area contributed by atoms with Gasteiger partial charge in [-0.1, -0.05) is 35.0 Å². The number of hydrogen-bond donors (Lipinski definition) is 2. The fraction of sp³-hybridized carbons (Fsp3) is 0.0588. The molecule has 0 radical (unpaired) electrons. The van der Waals surface area contributed by atoms with Gasteiger partial charge in [-0.05, 0) is 42.5 Å². The molecule has 2 aromatic carbocycles. The van der Waals surface area contributed by atoms with Crippen LogP contribution in [0.3, 0.4) is 0 Å². The highest BCUT2D eigenvalue weighted by atomic mass is 35.5. The van der Waals surface area contributed by atoms with Crippen LogP contribution < -0.4 is 11.2 Å². The molecule has 27 heavy (non-hydrogen) atoms. The Morgan fingerprint density at radius 2 is 1.96 bits per heavy atom. The maximum absolute atomic E-state index is 12.1. The molecule has 10 heteroatoms. The number of nitrogen functional groups attached to an aromatic ring is 1. The molecule has 136 valence electrons. The van der Waals surface area contributed by atoms with Gasteiger partial charge in [-0.3, -0.25) is 4.79 Å². The van der Waals surface area contributed by atoms with Gasteiger partial charge in [-0.2, -0.15) is 5.26 Å². The predicted molar refractivity (Wildman–Crippen MR) is 106 cm³/mol. The largest absolute Gasteiger partial charge is 0.335 e. The summed E-state index contributed by atoms with van der Waals surface area (Å²) >= 11 is 13.2. The Labute approximate surface area is 169 Å². The minimum Gasteiger partial charge on any atom is -0.335 e. The van der Waals surface area contributed by atoms with E-state index in [1.165, 1.54) is 4.68 Å². The third kappa shape index (κ3) is 4.52. The van der Waals surface area contributed by atoms with Crippen molar-refractivity contribution in [2.75, 3.05) is 16.9 Å². The van der Waals surface area contributed by atoms with E-state index in [1.54, 1.807) is 42.5 Å². The molecule has 0 saturated heterocycles. The van der Waals surface area contributed by atoms with Crippen molar-refractivity contribution in [1.82, 2.24) is 14.9 Å². The van der Waals surface area contributed by atoms with E-state index >= 15 is 0 Å². The van der Waals surface area contributed by atoms with Gasteiger partial charge in [0.2, 0.25) is 11.1 Å². The molecule has 0 bridgehead atoms. The van der Waals surface area contributed by atoms with Crippen molar-refractivity contribution in [2.45, 2.75) is 5.16 Å². The zero-order valence-electron chi connectivity index (χ0n) is 13.7. The number of nitrogens with one attached hydrogen (secondary N) is 1. The van der Waals surface area contributed by atoms with Crippen LogP contribution in [-0.4, -0.2) is 26.5 Å². The number of aromatic nitrogens is 3. The third-order valence-electron chi connectivity index (χ3n) is 3.47. The van der Waals surface area contributed by atoms with E-state index in [0.717, 1.165) is 11.8 Å². The van der Waals surface area contributed by atoms with Crippen LogP contribution >= 0.6 is 35.0 Å². The zero-order valence-corrected chi connectivity index (χ0v) is 16.0. The molecule has 0 fully saturated rings. The number of thioether (sulfide) groups is 1. The molecule has 7 nitrogen and oxygen atoms in total. The van der Waals surface area contributed by atoms with Crippen LogP contribution in [-0.2, 0) is 4.79 Å². The van der Waals surface area contributed by atoms with Crippen molar-refractivity contribution >= 4 is 46.6 Å². The van der Waals surface area contributed by atoms with Crippen LogP contribution in [0.25, 0.3) is 11.4 Å². The predicted octanol–water partition coefficient (Wildman–Crippen LogP) is 3.57. The Hall–Kier alpha value is -2.73. The first-order chi connectivity index (χ1) is 13.0. The Morgan fingerprint density at radius 1 is 1.22 bits per heavy atom. The van der Waals surface area contributed by atoms with Crippen molar-refractivity contribution in [3.63, 3.8) is 0 Å². The molecule has 0 atom stereocenters. The minimum absolute atomic E-state index is 0.0870. The van der Waals surface area contributed by atoms with Crippen LogP contribution in [0.1, 0.15) is 5.56 Å². The smallest absolute Gasteiger partial charge is 0.234 e. The van der Waals surface area contributed by atoms with E-state index in [4.69, 9.17) is 34.3 Å². The lowest BCUT2D eigenvalue weighted by atomic mass is 10.2. The average Bonchev–Trinajstić information content (AvgIpc) is 3.01. The van der Waals surface area contributed by atoms with E-state index in [2.05, 4.69) is 15.5 Å². The van der Waals surface area contributed by atoms with Crippen LogP contribution in [0.15, 0.2) is 47.6 Å². The van der Waals surface area contributed by atoms with Gasteiger partial charge in [0.1, 0.15) is 0 Å². The molecule has 0 saturated carbocycles. The standard InChI is InChI=1S/C17H12Cl2N6OS/c18-11-3-6-13(14(19)7-11)16-23-24-17(25(16)21)27-9-15(26)22-12-4-1-10(8-20)2-5-12/h1-7H,9,21H2,(H,22,26). The van der Waals surface area contributed by atoms with Crippen molar-refractivity contribution in [1.29, 1.82) is 5.26 Å². The highest BCUT2D eigenvalue weighted by Crippen LogP contribution is 2.30. The van der Waals surface area contributed by atoms with Crippen LogP contribution in [0.2, 0.25) is 10.0 Å². The molecule has 0 spiro atoms. The molecule has 0 aliphatic heterocycles. The summed E-state index contributed by atoms with van der Waals surface area (Å²) in [4.78, 5) is 12.1. The number of nitrogens with two attached hydrogens (primary N) is 1. The average molecular weight is 419 g/mol. The summed E-state index contributed by atoms with van der Waals surface area (Å²) in [7, 11) is 0. The number of rotatable bonds is 5. The minimum atomic E-state index is -0.237. The monoisotopic (exact) mass is 418 g/mol. The number of amides is 1. The van der Waals surface area contributed by atoms with Gasteiger partial charge < -0.3 is 11.2 Å². The Balaban J connectivity index is 1.65. The fourth-order valence-corrected chi connectivity index (χ4v) is 3.33. The van der Waals surface area contributed by atoms with Crippen molar-refractivity contribution in [2.24, 2.45) is 0 Å². The summed E-state index contributed by atoms with van der Waals surface area (Å²) in [5.41, 5.74) is 1.71. The molecule has 3 rings (SSSR count). The Morgan fingerprint density at radius 3 is 2.63 bits per heavy atom. The molecule has 1 heterocycles. The Kier molecular flexibility index (Phi) is 5.86. The van der Waals surface area contributed by atoms with Crippen molar-refractivity contribution in [3.8, 4) is 17.5 Å². The van der Waals surface area contributed by atoms with Crippen molar-refractivity contribution < 1.29 is 4.79 Å². The number of halogens is 2. The van der Waals surface area contributed by atoms with Gasteiger partial charge in [0, 0.05) is 16.3 Å². The van der Waals surface area contributed by atoms with Gasteiger partial charge in [0.05, 0.1) is 22.4 Å². The molecular formula is C17H12Cl2N6OS. The third-order valence-corrected chi connectivity index (χ3v) is 4.96. The van der Waals surface area contributed by atoms with Crippen LogP contribution in [0, 0.1) is 11.3 Å². The van der Waals surface area contributed by atoms with E-state index in [-0.39, 0.29) is 11.7 Å². The zero-order chi connectivity index (χ0) is 19.4. The summed E-state index contributed by atoms with van der Waals surface area (Å²) in [6.45, 7) is 0. The van der Waals surface area contributed by atoms with Gasteiger partial charge >= 0.3 is 0 Å². The number of nitrogens with zero attached hydrogens (tertiary/aromatic N) is 4. The number of hydrogen-bond acceptors (Lipinski definition) is 6. The lowest BCUT2D eigenvalue weighted by Gasteiger charge is -2.06. The number of nitriles is 1. The second-order valence-corrected chi connectivity index (χ2v) is 7.11. The van der Waals surface area contributed by atoms with Gasteiger partial charge in [0.15, 0.2) is 5.82 Å². The van der Waals surface area contributed by atoms with E-state index in [0.29, 0.717) is 37.8 Å². The molecule has 1 amide bonds. The van der Waals surface area contributed by atoms with Gasteiger partial charge in [0.25, 0.3) is 0 Å². The van der Waals surface area contributed by atoms with Crippen LogP contribution in [0.5, 0.6) is 0 Å². The molecule has 3 aromatic rings. The van der Waals surface area contributed by atoms with E-state index in [1.807, 2.05) is 6.07 Å². The highest BCUT2D eigenvalue weighted by molar-refractivity contribution is 7.99. The van der Waals surface area contributed by atoms with Gasteiger partial charge in [-0.15, -0.1) is 10.2 Å². The summed E-state index contributed by atoms with van der Waals surface area (Å²) < 4.78 is 1.27. The summed E-state index contributed by atoms with van der Waals surface area (Å²) in [6.07, 6.45) is 0. The van der Waals surface area contributed by atoms with Crippen molar-refractivity contribution in [3.05, 3.63) is 58.1 Å². The fourth-order valence-electron chi connectivity index (χ4n) is 2.19. The summed E-state index contributed by atoms with van der Waals surface area (Å²) in [5, 5.41) is 20.8. The molecule has 0 unspecified atom stereocenters.